The Morgan fingerprint density at radius 3 is 2.71 bits per heavy atom. The van der Waals surface area contributed by atoms with Gasteiger partial charge in [-0.3, -0.25) is 4.79 Å². The summed E-state index contributed by atoms with van der Waals surface area (Å²) in [7, 11) is 1.63. The van der Waals surface area contributed by atoms with E-state index in [1.165, 1.54) is 0 Å². The largest absolute Gasteiger partial charge is 0.420 e. The molecule has 8 heteroatoms. The van der Waals surface area contributed by atoms with Crippen LogP contribution < -0.4 is 5.32 Å². The third-order valence-electron chi connectivity index (χ3n) is 5.05. The maximum absolute atomic E-state index is 12.8. The number of nitrogens with zero attached hydrogens (tertiary/aromatic N) is 4. The van der Waals surface area contributed by atoms with E-state index in [4.69, 9.17) is 14.3 Å². The number of hydrogen-bond donors (Lipinski definition) is 1. The lowest BCUT2D eigenvalue weighted by molar-refractivity contribution is 0.0894. The molecule has 0 fully saturated rings. The number of carbonyl (C=O) groups is 1. The maximum Gasteiger partial charge on any atom is 0.268 e. The summed E-state index contributed by atoms with van der Waals surface area (Å²) in [5.41, 5.74) is 3.05. The monoisotopic (exact) mass is 425 g/mol. The molecular formula is C23H31N5O3. The first-order valence-corrected chi connectivity index (χ1v) is 10.7. The van der Waals surface area contributed by atoms with Crippen molar-refractivity contribution < 1.29 is 13.9 Å². The zero-order chi connectivity index (χ0) is 22.4. The molecule has 0 aliphatic carbocycles. The molecule has 0 saturated carbocycles. The predicted octanol–water partition coefficient (Wildman–Crippen LogP) is 3.97. The van der Waals surface area contributed by atoms with E-state index in [2.05, 4.69) is 29.4 Å². The van der Waals surface area contributed by atoms with E-state index in [-0.39, 0.29) is 11.9 Å². The van der Waals surface area contributed by atoms with Gasteiger partial charge in [-0.2, -0.15) is 5.10 Å². The molecule has 0 saturated heterocycles. The second kappa shape index (κ2) is 10.3. The summed E-state index contributed by atoms with van der Waals surface area (Å²) in [5.74, 6) is 1.31. The van der Waals surface area contributed by atoms with Gasteiger partial charge in [0.15, 0.2) is 0 Å². The summed E-state index contributed by atoms with van der Waals surface area (Å²) in [6.45, 7) is 8.64. The topological polar surface area (TPSA) is 95.1 Å². The number of benzene rings is 1. The van der Waals surface area contributed by atoms with Crippen molar-refractivity contribution in [3.05, 3.63) is 47.5 Å². The van der Waals surface area contributed by atoms with E-state index >= 15 is 0 Å². The highest BCUT2D eigenvalue weighted by Gasteiger charge is 2.18. The van der Waals surface area contributed by atoms with Crippen molar-refractivity contribution in [3.63, 3.8) is 0 Å². The van der Waals surface area contributed by atoms with Crippen LogP contribution in [0.25, 0.3) is 17.3 Å². The van der Waals surface area contributed by atoms with Crippen LogP contribution in [0, 0.1) is 12.8 Å². The van der Waals surface area contributed by atoms with Gasteiger partial charge in [0.25, 0.3) is 11.8 Å². The second-order valence-electron chi connectivity index (χ2n) is 8.08. The number of carbonyl (C=O) groups excluding carboxylic acids is 1. The van der Waals surface area contributed by atoms with E-state index in [9.17, 15) is 4.79 Å². The minimum atomic E-state index is -0.130. The van der Waals surface area contributed by atoms with Crippen molar-refractivity contribution >= 4 is 5.91 Å². The van der Waals surface area contributed by atoms with Gasteiger partial charge >= 0.3 is 0 Å². The number of aromatic nitrogens is 4. The number of aryl methyl sites for hydroxylation is 2. The Bertz CT molecular complexity index is 1010. The van der Waals surface area contributed by atoms with Crippen LogP contribution in [0.5, 0.6) is 0 Å². The molecule has 2 heterocycles. The maximum atomic E-state index is 12.8. The average molecular weight is 426 g/mol. The van der Waals surface area contributed by atoms with Crippen LogP contribution in [0.15, 0.2) is 34.7 Å². The molecule has 0 radical (unpaired) electrons. The molecule has 31 heavy (non-hydrogen) atoms. The van der Waals surface area contributed by atoms with E-state index in [1.807, 2.05) is 35.9 Å². The Morgan fingerprint density at radius 1 is 1.26 bits per heavy atom. The van der Waals surface area contributed by atoms with E-state index in [0.29, 0.717) is 35.6 Å². The fourth-order valence-electron chi connectivity index (χ4n) is 3.27. The van der Waals surface area contributed by atoms with Crippen molar-refractivity contribution in [2.45, 2.75) is 53.0 Å². The summed E-state index contributed by atoms with van der Waals surface area (Å²) >= 11 is 0. The molecule has 0 aliphatic heterocycles. The van der Waals surface area contributed by atoms with Crippen LogP contribution in [-0.4, -0.2) is 45.6 Å². The van der Waals surface area contributed by atoms with Gasteiger partial charge in [-0.25, -0.2) is 4.68 Å². The van der Waals surface area contributed by atoms with Crippen LogP contribution >= 0.6 is 0 Å². The standard InChI is InChI=1S/C23H31N5O3/c1-6-18(14-30-5)24-22(29)17-8-7-9-19(12-17)28-20(11-10-15(2)3)13-21(27-28)23-26-25-16(4)31-23/h7-9,12-13,15,18H,6,10-11,14H2,1-5H3,(H,24,29)/t18-/m0/s1. The molecule has 0 unspecified atom stereocenters. The van der Waals surface area contributed by atoms with Gasteiger partial charge in [-0.1, -0.05) is 26.8 Å². The first-order valence-electron chi connectivity index (χ1n) is 10.7. The lowest BCUT2D eigenvalue weighted by atomic mass is 10.1. The van der Waals surface area contributed by atoms with Crippen molar-refractivity contribution in [2.24, 2.45) is 5.92 Å². The Morgan fingerprint density at radius 2 is 2.06 bits per heavy atom. The molecule has 0 aliphatic rings. The van der Waals surface area contributed by atoms with Gasteiger partial charge in [0, 0.05) is 25.3 Å². The van der Waals surface area contributed by atoms with Gasteiger partial charge in [0.05, 0.1) is 18.3 Å². The Kier molecular flexibility index (Phi) is 7.57. The van der Waals surface area contributed by atoms with Crippen LogP contribution in [0.3, 0.4) is 0 Å². The third kappa shape index (κ3) is 5.79. The molecule has 1 amide bonds. The van der Waals surface area contributed by atoms with Gasteiger partial charge in [0.1, 0.15) is 5.69 Å². The molecule has 3 rings (SSSR count). The number of amides is 1. The van der Waals surface area contributed by atoms with Gasteiger partial charge in [0.2, 0.25) is 5.89 Å². The van der Waals surface area contributed by atoms with E-state index in [0.717, 1.165) is 30.6 Å². The zero-order valence-electron chi connectivity index (χ0n) is 18.9. The Labute approximate surface area is 183 Å². The van der Waals surface area contributed by atoms with Gasteiger partial charge < -0.3 is 14.5 Å². The molecule has 3 aromatic rings. The van der Waals surface area contributed by atoms with Crippen molar-refractivity contribution in [1.29, 1.82) is 0 Å². The molecule has 166 valence electrons. The fraction of sp³-hybridized carbons (Fsp3) is 0.478. The Balaban J connectivity index is 1.92. The molecule has 0 bridgehead atoms. The minimum absolute atomic E-state index is 0.0279. The summed E-state index contributed by atoms with van der Waals surface area (Å²) < 4.78 is 12.6. The highest BCUT2D eigenvalue weighted by Crippen LogP contribution is 2.23. The molecule has 1 aromatic carbocycles. The highest BCUT2D eigenvalue weighted by molar-refractivity contribution is 5.94. The van der Waals surface area contributed by atoms with Crippen LogP contribution in [0.4, 0.5) is 0 Å². The van der Waals surface area contributed by atoms with Crippen LogP contribution in [-0.2, 0) is 11.2 Å². The zero-order valence-corrected chi connectivity index (χ0v) is 18.9. The molecular weight excluding hydrogens is 394 g/mol. The minimum Gasteiger partial charge on any atom is -0.420 e. The van der Waals surface area contributed by atoms with Crippen molar-refractivity contribution in [1.82, 2.24) is 25.3 Å². The molecule has 1 N–H and O–H groups in total. The van der Waals surface area contributed by atoms with E-state index in [1.54, 1.807) is 20.1 Å². The van der Waals surface area contributed by atoms with Crippen LogP contribution in [0.1, 0.15) is 55.6 Å². The fourth-order valence-corrected chi connectivity index (χ4v) is 3.27. The first kappa shape index (κ1) is 22.7. The number of ether oxygens (including phenoxy) is 1. The smallest absolute Gasteiger partial charge is 0.268 e. The van der Waals surface area contributed by atoms with Crippen molar-refractivity contribution in [3.8, 4) is 17.3 Å². The normalized spacial score (nSPS) is 12.3. The third-order valence-corrected chi connectivity index (χ3v) is 5.05. The predicted molar refractivity (Wildman–Crippen MR) is 118 cm³/mol. The summed E-state index contributed by atoms with van der Waals surface area (Å²) in [6.07, 6.45) is 2.66. The quantitative estimate of drug-likeness (QED) is 0.528. The highest BCUT2D eigenvalue weighted by atomic mass is 16.5. The van der Waals surface area contributed by atoms with Gasteiger partial charge in [-0.15, -0.1) is 10.2 Å². The van der Waals surface area contributed by atoms with E-state index < -0.39 is 0 Å². The molecule has 2 aromatic heterocycles. The SMILES string of the molecule is CC[C@@H](COC)NC(=O)c1cccc(-n2nc(-c3nnc(C)o3)cc2CCC(C)C)c1. The number of nitrogens with one attached hydrogen (secondary N) is 1. The number of rotatable bonds is 10. The number of hydrogen-bond acceptors (Lipinski definition) is 6. The lowest BCUT2D eigenvalue weighted by Gasteiger charge is -2.16. The van der Waals surface area contributed by atoms with Gasteiger partial charge in [-0.05, 0) is 49.4 Å². The second-order valence-corrected chi connectivity index (χ2v) is 8.08. The lowest BCUT2D eigenvalue weighted by Crippen LogP contribution is -2.37. The Hall–Kier alpha value is -3.00. The van der Waals surface area contributed by atoms with Crippen LogP contribution in [0.2, 0.25) is 0 Å². The average Bonchev–Trinajstić information content (AvgIpc) is 3.38. The summed E-state index contributed by atoms with van der Waals surface area (Å²) in [4.78, 5) is 12.8. The number of methoxy groups -OCH3 is 1. The van der Waals surface area contributed by atoms with Crippen molar-refractivity contribution in [2.75, 3.05) is 13.7 Å². The molecule has 0 spiro atoms. The molecule has 8 nitrogen and oxygen atoms in total. The summed E-state index contributed by atoms with van der Waals surface area (Å²) in [5, 5.41) is 15.7. The first-order chi connectivity index (χ1) is 14.9. The summed E-state index contributed by atoms with van der Waals surface area (Å²) in [6, 6.07) is 9.42. The molecule has 1 atom stereocenters.